The van der Waals surface area contributed by atoms with Crippen molar-refractivity contribution >= 4 is 17.8 Å². The van der Waals surface area contributed by atoms with Crippen LogP contribution in [0.5, 0.6) is 0 Å². The summed E-state index contributed by atoms with van der Waals surface area (Å²) >= 11 is 1.63. The van der Waals surface area contributed by atoms with Crippen molar-refractivity contribution in [1.82, 2.24) is 25.0 Å². The molecule has 1 unspecified atom stereocenters. The number of hydrogen-bond acceptors (Lipinski definition) is 7. The molecule has 0 aliphatic carbocycles. The molecule has 24 heavy (non-hydrogen) atoms. The maximum atomic E-state index is 5.63. The summed E-state index contributed by atoms with van der Waals surface area (Å²) in [5.74, 6) is 1.23. The Hall–Kier alpha value is -2.35. The van der Waals surface area contributed by atoms with E-state index in [2.05, 4.69) is 45.5 Å². The summed E-state index contributed by atoms with van der Waals surface area (Å²) in [7, 11) is 0. The minimum absolute atomic E-state index is 0.195. The molecule has 0 bridgehead atoms. The fourth-order valence-electron chi connectivity index (χ4n) is 2.38. The zero-order chi connectivity index (χ0) is 16.9. The number of thioether (sulfide) groups is 1. The lowest BCUT2D eigenvalue weighted by Gasteiger charge is -2.14. The second kappa shape index (κ2) is 7.48. The second-order valence-corrected chi connectivity index (χ2v) is 6.62. The average molecular weight is 344 g/mol. The van der Waals surface area contributed by atoms with Crippen LogP contribution in [-0.2, 0) is 5.75 Å². The molecule has 0 saturated heterocycles. The van der Waals surface area contributed by atoms with Crippen molar-refractivity contribution in [3.63, 3.8) is 0 Å². The SMILES string of the molecule is Cc1cc(C)n(C(C)CNc2nnc(CSc3ccncc3)o2)n1. The summed E-state index contributed by atoms with van der Waals surface area (Å²) in [6, 6.07) is 6.61. The lowest BCUT2D eigenvalue weighted by atomic mass is 10.3. The molecule has 0 fully saturated rings. The van der Waals surface area contributed by atoms with Gasteiger partial charge in [-0.3, -0.25) is 9.67 Å². The lowest BCUT2D eigenvalue weighted by Crippen LogP contribution is -2.18. The molecule has 7 nitrogen and oxygen atoms in total. The highest BCUT2D eigenvalue weighted by Gasteiger charge is 2.12. The number of hydrogen-bond donors (Lipinski definition) is 1. The van der Waals surface area contributed by atoms with E-state index in [0.29, 0.717) is 24.2 Å². The van der Waals surface area contributed by atoms with Crippen LogP contribution in [0.1, 0.15) is 30.2 Å². The number of nitrogens with one attached hydrogen (secondary N) is 1. The highest BCUT2D eigenvalue weighted by atomic mass is 32.2. The number of anilines is 1. The monoisotopic (exact) mass is 344 g/mol. The smallest absolute Gasteiger partial charge is 0.315 e. The predicted molar refractivity (Wildman–Crippen MR) is 93.0 cm³/mol. The summed E-state index contributed by atoms with van der Waals surface area (Å²) in [4.78, 5) is 5.12. The van der Waals surface area contributed by atoms with Gasteiger partial charge in [0.2, 0.25) is 5.89 Å². The molecular weight excluding hydrogens is 324 g/mol. The molecule has 0 aliphatic rings. The van der Waals surface area contributed by atoms with Crippen LogP contribution >= 0.6 is 11.8 Å². The first-order chi connectivity index (χ1) is 11.6. The summed E-state index contributed by atoms with van der Waals surface area (Å²) < 4.78 is 7.63. The molecule has 8 heteroatoms. The molecule has 1 N–H and O–H groups in total. The molecule has 3 aromatic heterocycles. The number of aromatic nitrogens is 5. The van der Waals surface area contributed by atoms with Crippen molar-refractivity contribution in [2.75, 3.05) is 11.9 Å². The van der Waals surface area contributed by atoms with Crippen molar-refractivity contribution in [3.05, 3.63) is 47.9 Å². The predicted octanol–water partition coefficient (Wildman–Crippen LogP) is 3.24. The Morgan fingerprint density at radius 2 is 2.04 bits per heavy atom. The Kier molecular flexibility index (Phi) is 5.14. The highest BCUT2D eigenvalue weighted by molar-refractivity contribution is 7.98. The maximum absolute atomic E-state index is 5.63. The maximum Gasteiger partial charge on any atom is 0.315 e. The number of nitrogens with zero attached hydrogens (tertiary/aromatic N) is 5. The van der Waals surface area contributed by atoms with Crippen molar-refractivity contribution < 1.29 is 4.42 Å². The van der Waals surface area contributed by atoms with Gasteiger partial charge in [0.25, 0.3) is 0 Å². The Morgan fingerprint density at radius 3 is 2.75 bits per heavy atom. The molecule has 3 rings (SSSR count). The first kappa shape index (κ1) is 16.5. The molecular formula is C16H20N6OS. The van der Waals surface area contributed by atoms with Gasteiger partial charge in [-0.25, -0.2) is 0 Å². The van der Waals surface area contributed by atoms with Crippen molar-refractivity contribution in [2.24, 2.45) is 0 Å². The third kappa shape index (κ3) is 4.14. The summed E-state index contributed by atoms with van der Waals surface area (Å²) in [6.45, 7) is 6.82. The third-order valence-corrected chi connectivity index (χ3v) is 4.49. The zero-order valence-corrected chi connectivity index (χ0v) is 14.7. The van der Waals surface area contributed by atoms with Gasteiger partial charge >= 0.3 is 6.01 Å². The Labute approximate surface area is 144 Å². The quantitative estimate of drug-likeness (QED) is 0.659. The van der Waals surface area contributed by atoms with Crippen LogP contribution in [0, 0.1) is 13.8 Å². The second-order valence-electron chi connectivity index (χ2n) is 5.57. The fourth-order valence-corrected chi connectivity index (χ4v) is 3.10. The van der Waals surface area contributed by atoms with Crippen molar-refractivity contribution in [3.8, 4) is 0 Å². The summed E-state index contributed by atoms with van der Waals surface area (Å²) in [6.07, 6.45) is 3.53. The third-order valence-electron chi connectivity index (χ3n) is 3.49. The van der Waals surface area contributed by atoms with E-state index in [4.69, 9.17) is 4.42 Å². The van der Waals surface area contributed by atoms with E-state index in [1.807, 2.05) is 23.7 Å². The topological polar surface area (TPSA) is 81.7 Å². The van der Waals surface area contributed by atoms with E-state index in [1.54, 1.807) is 24.2 Å². The van der Waals surface area contributed by atoms with Gasteiger partial charge in [0.05, 0.1) is 17.5 Å². The summed E-state index contributed by atoms with van der Waals surface area (Å²) in [5, 5.41) is 15.8. The van der Waals surface area contributed by atoms with Crippen LogP contribution < -0.4 is 5.32 Å². The molecule has 3 aromatic rings. The number of pyridine rings is 1. The van der Waals surface area contributed by atoms with Crippen LogP contribution in [0.2, 0.25) is 0 Å². The van der Waals surface area contributed by atoms with E-state index >= 15 is 0 Å². The standard InChI is InChI=1S/C16H20N6OS/c1-11-8-12(2)22(21-11)13(3)9-18-16-20-19-15(23-16)10-24-14-4-6-17-7-5-14/h4-8,13H,9-10H2,1-3H3,(H,18,20). The van der Waals surface area contributed by atoms with E-state index < -0.39 is 0 Å². The van der Waals surface area contributed by atoms with Crippen LogP contribution in [0.15, 0.2) is 39.9 Å². The lowest BCUT2D eigenvalue weighted by molar-refractivity contribution is 0.481. The van der Waals surface area contributed by atoms with Crippen molar-refractivity contribution in [1.29, 1.82) is 0 Å². The minimum atomic E-state index is 0.195. The molecule has 0 radical (unpaired) electrons. The van der Waals surface area contributed by atoms with Gasteiger partial charge in [-0.05, 0) is 39.0 Å². The first-order valence-corrected chi connectivity index (χ1v) is 8.72. The van der Waals surface area contributed by atoms with E-state index in [1.165, 1.54) is 0 Å². The van der Waals surface area contributed by atoms with Crippen LogP contribution in [0.4, 0.5) is 6.01 Å². The number of rotatable bonds is 7. The number of aryl methyl sites for hydroxylation is 2. The van der Waals surface area contributed by atoms with Gasteiger partial charge < -0.3 is 9.73 Å². The molecule has 0 saturated carbocycles. The molecule has 0 aliphatic heterocycles. The molecule has 0 aromatic carbocycles. The van der Waals surface area contributed by atoms with Gasteiger partial charge in [-0.2, -0.15) is 5.10 Å². The van der Waals surface area contributed by atoms with E-state index in [-0.39, 0.29) is 6.04 Å². The van der Waals surface area contributed by atoms with Crippen LogP contribution in [0.3, 0.4) is 0 Å². The van der Waals surface area contributed by atoms with E-state index in [9.17, 15) is 0 Å². The summed E-state index contributed by atoms with van der Waals surface area (Å²) in [5.41, 5.74) is 2.16. The van der Waals surface area contributed by atoms with Gasteiger partial charge in [-0.1, -0.05) is 5.10 Å². The van der Waals surface area contributed by atoms with Gasteiger partial charge in [0.1, 0.15) is 0 Å². The molecule has 1 atom stereocenters. The van der Waals surface area contributed by atoms with Crippen LogP contribution in [-0.4, -0.2) is 31.5 Å². The molecule has 126 valence electrons. The van der Waals surface area contributed by atoms with Crippen molar-refractivity contribution in [2.45, 2.75) is 37.5 Å². The zero-order valence-electron chi connectivity index (χ0n) is 13.9. The van der Waals surface area contributed by atoms with Gasteiger partial charge in [0, 0.05) is 29.5 Å². The first-order valence-electron chi connectivity index (χ1n) is 7.73. The Bertz CT molecular complexity index is 785. The van der Waals surface area contributed by atoms with Gasteiger partial charge in [0.15, 0.2) is 0 Å². The Morgan fingerprint density at radius 1 is 1.25 bits per heavy atom. The molecule has 3 heterocycles. The van der Waals surface area contributed by atoms with E-state index in [0.717, 1.165) is 16.3 Å². The normalized spacial score (nSPS) is 12.3. The highest BCUT2D eigenvalue weighted by Crippen LogP contribution is 2.22. The van der Waals surface area contributed by atoms with Crippen LogP contribution in [0.25, 0.3) is 0 Å². The van der Waals surface area contributed by atoms with Gasteiger partial charge in [-0.15, -0.1) is 16.9 Å². The largest absolute Gasteiger partial charge is 0.407 e. The fraction of sp³-hybridized carbons (Fsp3) is 0.375. The molecule has 0 amide bonds. The minimum Gasteiger partial charge on any atom is -0.407 e. The average Bonchev–Trinajstić information content (AvgIpc) is 3.17. The molecule has 0 spiro atoms. The Balaban J connectivity index is 1.51.